The van der Waals surface area contributed by atoms with Crippen molar-refractivity contribution in [2.75, 3.05) is 6.54 Å². The maximum atomic E-state index is 12.2. The number of carbonyl (C=O) groups is 1. The van der Waals surface area contributed by atoms with Crippen molar-refractivity contribution in [2.24, 2.45) is 0 Å². The van der Waals surface area contributed by atoms with E-state index in [4.69, 9.17) is 23.2 Å². The quantitative estimate of drug-likeness (QED) is 0.732. The van der Waals surface area contributed by atoms with Crippen LogP contribution in [0.1, 0.15) is 35.4 Å². The lowest BCUT2D eigenvalue weighted by Gasteiger charge is -2.20. The molecule has 0 saturated carbocycles. The largest absolute Gasteiger partial charge is 0.387 e. The van der Waals surface area contributed by atoms with Gasteiger partial charge in [0, 0.05) is 29.6 Å². The maximum Gasteiger partial charge on any atom is 0.165 e. The van der Waals surface area contributed by atoms with E-state index in [-0.39, 0.29) is 11.8 Å². The molecule has 0 radical (unpaired) electrons. The van der Waals surface area contributed by atoms with E-state index < -0.39 is 6.10 Å². The van der Waals surface area contributed by atoms with Crippen LogP contribution in [0, 0.1) is 0 Å². The standard InChI is InChI=1S/C18H19Cl2NO2/c1-12(18(23)13-5-3-2-4-6-13)21-10-9-17(22)15-8-7-14(19)11-16(15)20/h2-8,11-12,18,21,23H,9-10H2,1H3/t12-,18-/m1/s1. The number of hydrogen-bond donors (Lipinski definition) is 2. The van der Waals surface area contributed by atoms with Crippen LogP contribution in [0.2, 0.25) is 10.0 Å². The van der Waals surface area contributed by atoms with E-state index in [2.05, 4.69) is 5.32 Å². The first-order valence-electron chi connectivity index (χ1n) is 7.43. The molecule has 5 heteroatoms. The molecule has 0 aromatic heterocycles. The summed E-state index contributed by atoms with van der Waals surface area (Å²) in [5, 5.41) is 14.3. The predicted molar refractivity (Wildman–Crippen MR) is 94.3 cm³/mol. The van der Waals surface area contributed by atoms with Crippen LogP contribution < -0.4 is 5.32 Å². The van der Waals surface area contributed by atoms with Gasteiger partial charge in [0.05, 0.1) is 11.1 Å². The third-order valence-corrected chi connectivity index (χ3v) is 4.21. The Bertz CT molecular complexity index is 661. The number of rotatable bonds is 7. The molecule has 0 fully saturated rings. The summed E-state index contributed by atoms with van der Waals surface area (Å²) in [6, 6.07) is 14.1. The molecule has 23 heavy (non-hydrogen) atoms. The zero-order chi connectivity index (χ0) is 16.8. The molecule has 0 heterocycles. The molecule has 0 aliphatic rings. The Morgan fingerprint density at radius 2 is 1.87 bits per heavy atom. The molecule has 3 nitrogen and oxygen atoms in total. The van der Waals surface area contributed by atoms with E-state index in [1.165, 1.54) is 0 Å². The third-order valence-electron chi connectivity index (χ3n) is 3.66. The van der Waals surface area contributed by atoms with Gasteiger partial charge in [0.1, 0.15) is 0 Å². The molecule has 2 N–H and O–H groups in total. The molecular formula is C18H19Cl2NO2. The van der Waals surface area contributed by atoms with Crippen LogP contribution >= 0.6 is 23.2 Å². The summed E-state index contributed by atoms with van der Waals surface area (Å²) in [7, 11) is 0. The molecule has 0 unspecified atom stereocenters. The number of aliphatic hydroxyl groups is 1. The number of nitrogens with one attached hydrogen (secondary N) is 1. The van der Waals surface area contributed by atoms with Crippen molar-refractivity contribution >= 4 is 29.0 Å². The van der Waals surface area contributed by atoms with Crippen molar-refractivity contribution in [3.63, 3.8) is 0 Å². The van der Waals surface area contributed by atoms with Gasteiger partial charge in [-0.15, -0.1) is 0 Å². The smallest absolute Gasteiger partial charge is 0.165 e. The summed E-state index contributed by atoms with van der Waals surface area (Å²) < 4.78 is 0. The van der Waals surface area contributed by atoms with Gasteiger partial charge in [0.15, 0.2) is 5.78 Å². The SMILES string of the molecule is C[C@@H](NCCC(=O)c1ccc(Cl)cc1Cl)[C@@H](O)c1ccccc1. The Kier molecular flexibility index (Phi) is 6.60. The molecule has 0 saturated heterocycles. The Balaban J connectivity index is 1.85. The monoisotopic (exact) mass is 351 g/mol. The fourth-order valence-corrected chi connectivity index (χ4v) is 2.83. The minimum Gasteiger partial charge on any atom is -0.387 e. The molecule has 122 valence electrons. The van der Waals surface area contributed by atoms with Crippen LogP contribution in [0.5, 0.6) is 0 Å². The van der Waals surface area contributed by atoms with Gasteiger partial charge in [0.25, 0.3) is 0 Å². The summed E-state index contributed by atoms with van der Waals surface area (Å²) >= 11 is 11.9. The minimum atomic E-state index is -0.620. The summed E-state index contributed by atoms with van der Waals surface area (Å²) in [5.74, 6) is -0.0550. The second kappa shape index (κ2) is 8.46. The molecule has 0 amide bonds. The molecular weight excluding hydrogens is 333 g/mol. The molecule has 0 spiro atoms. The summed E-state index contributed by atoms with van der Waals surface area (Å²) in [5.41, 5.74) is 1.31. The number of carbonyl (C=O) groups excluding carboxylic acids is 1. The van der Waals surface area contributed by atoms with Crippen LogP contribution in [0.3, 0.4) is 0 Å². The molecule has 2 aromatic carbocycles. The van der Waals surface area contributed by atoms with E-state index in [1.807, 2.05) is 37.3 Å². The summed E-state index contributed by atoms with van der Waals surface area (Å²) in [6.45, 7) is 2.35. The normalized spacial score (nSPS) is 13.6. The Hall–Kier alpha value is -1.39. The van der Waals surface area contributed by atoms with Crippen molar-refractivity contribution in [3.8, 4) is 0 Å². The van der Waals surface area contributed by atoms with Crippen molar-refractivity contribution in [3.05, 3.63) is 69.7 Å². The van der Waals surface area contributed by atoms with Crippen molar-refractivity contribution in [1.82, 2.24) is 5.32 Å². The second-order valence-electron chi connectivity index (χ2n) is 5.40. The minimum absolute atomic E-state index is 0.0550. The third kappa shape index (κ3) is 5.05. The van der Waals surface area contributed by atoms with Gasteiger partial charge in [-0.2, -0.15) is 0 Å². The first-order valence-corrected chi connectivity index (χ1v) is 8.19. The van der Waals surface area contributed by atoms with Crippen LogP contribution in [0.4, 0.5) is 0 Å². The lowest BCUT2D eigenvalue weighted by atomic mass is 10.0. The highest BCUT2D eigenvalue weighted by Crippen LogP contribution is 2.22. The lowest BCUT2D eigenvalue weighted by Crippen LogP contribution is -2.33. The maximum absolute atomic E-state index is 12.2. The van der Waals surface area contributed by atoms with Gasteiger partial charge >= 0.3 is 0 Å². The number of aliphatic hydroxyl groups excluding tert-OH is 1. The topological polar surface area (TPSA) is 49.3 Å². The van der Waals surface area contributed by atoms with Gasteiger partial charge in [-0.05, 0) is 30.7 Å². The number of halogens is 2. The van der Waals surface area contributed by atoms with Crippen LogP contribution in [0.15, 0.2) is 48.5 Å². The average molecular weight is 352 g/mol. The zero-order valence-electron chi connectivity index (χ0n) is 12.8. The molecule has 2 atom stereocenters. The van der Waals surface area contributed by atoms with E-state index >= 15 is 0 Å². The van der Waals surface area contributed by atoms with Gasteiger partial charge in [-0.25, -0.2) is 0 Å². The van der Waals surface area contributed by atoms with Gasteiger partial charge in [0.2, 0.25) is 0 Å². The Morgan fingerprint density at radius 1 is 1.17 bits per heavy atom. The average Bonchev–Trinajstić information content (AvgIpc) is 2.54. The summed E-state index contributed by atoms with van der Waals surface area (Å²) in [6.07, 6.45) is -0.321. The number of Topliss-reactive ketones (excluding diaryl/α,β-unsaturated/α-hetero) is 1. The van der Waals surface area contributed by atoms with E-state index in [0.29, 0.717) is 28.6 Å². The molecule has 2 rings (SSSR count). The molecule has 0 aliphatic heterocycles. The van der Waals surface area contributed by atoms with Crippen molar-refractivity contribution in [2.45, 2.75) is 25.5 Å². The fraction of sp³-hybridized carbons (Fsp3) is 0.278. The zero-order valence-corrected chi connectivity index (χ0v) is 14.3. The van der Waals surface area contributed by atoms with E-state index in [0.717, 1.165) is 5.56 Å². The number of ketones is 1. The highest BCUT2D eigenvalue weighted by Gasteiger charge is 2.16. The van der Waals surface area contributed by atoms with Crippen LogP contribution in [-0.2, 0) is 0 Å². The lowest BCUT2D eigenvalue weighted by molar-refractivity contribution is 0.0972. The molecule has 0 aliphatic carbocycles. The molecule has 2 aromatic rings. The van der Waals surface area contributed by atoms with E-state index in [1.54, 1.807) is 18.2 Å². The first-order chi connectivity index (χ1) is 11.0. The highest BCUT2D eigenvalue weighted by atomic mass is 35.5. The Labute approximate surface area is 146 Å². The van der Waals surface area contributed by atoms with Gasteiger partial charge in [-0.1, -0.05) is 53.5 Å². The highest BCUT2D eigenvalue weighted by molar-refractivity contribution is 6.36. The fourth-order valence-electron chi connectivity index (χ4n) is 2.31. The molecule has 0 bridgehead atoms. The van der Waals surface area contributed by atoms with Crippen molar-refractivity contribution < 1.29 is 9.90 Å². The number of hydrogen-bond acceptors (Lipinski definition) is 3. The van der Waals surface area contributed by atoms with Gasteiger partial charge < -0.3 is 10.4 Å². The Morgan fingerprint density at radius 3 is 2.52 bits per heavy atom. The van der Waals surface area contributed by atoms with Gasteiger partial charge in [-0.3, -0.25) is 4.79 Å². The van der Waals surface area contributed by atoms with Crippen LogP contribution in [0.25, 0.3) is 0 Å². The summed E-state index contributed by atoms with van der Waals surface area (Å²) in [4.78, 5) is 12.2. The predicted octanol–water partition coefficient (Wildman–Crippen LogP) is 4.28. The number of benzene rings is 2. The van der Waals surface area contributed by atoms with Crippen LogP contribution in [-0.4, -0.2) is 23.5 Å². The van der Waals surface area contributed by atoms with E-state index in [9.17, 15) is 9.90 Å². The first kappa shape index (κ1) is 18.0. The second-order valence-corrected chi connectivity index (χ2v) is 6.24. The van der Waals surface area contributed by atoms with Crippen molar-refractivity contribution in [1.29, 1.82) is 0 Å².